The number of anilines is 1. The Labute approximate surface area is 187 Å². The Morgan fingerprint density at radius 1 is 1.28 bits per heavy atom. The standard InChI is InChI=1S/C21H22ClF3N4O3/c1-20(2,3)32-19(30)28(4)12-7-8-29(10-12)17-16-15(26-18(27-17)21(23,24)25)13-9-11(22)5-6-14(13)31-16/h5-6,9,12H,7-8,10H2,1-4H3/t12-/m0/s1. The number of alkyl halides is 3. The van der Waals surface area contributed by atoms with Crippen molar-refractivity contribution in [2.45, 2.75) is 45.0 Å². The van der Waals surface area contributed by atoms with Crippen LogP contribution in [0.3, 0.4) is 0 Å². The predicted octanol–water partition coefficient (Wildman–Crippen LogP) is 5.49. The van der Waals surface area contributed by atoms with E-state index in [-0.39, 0.29) is 29.5 Å². The molecule has 0 spiro atoms. The van der Waals surface area contributed by atoms with E-state index in [1.807, 2.05) is 0 Å². The third-order valence-electron chi connectivity index (χ3n) is 5.20. The van der Waals surface area contributed by atoms with E-state index >= 15 is 0 Å². The molecule has 1 atom stereocenters. The van der Waals surface area contributed by atoms with E-state index in [2.05, 4.69) is 9.97 Å². The van der Waals surface area contributed by atoms with Crippen LogP contribution in [-0.4, -0.2) is 52.7 Å². The fraction of sp³-hybridized carbons (Fsp3) is 0.476. The zero-order chi connectivity index (χ0) is 23.4. The summed E-state index contributed by atoms with van der Waals surface area (Å²) in [5.41, 5.74) is -0.0971. The molecular formula is C21H22ClF3N4O3. The first-order valence-corrected chi connectivity index (χ1v) is 10.4. The Bertz CT molecular complexity index is 1190. The molecule has 2 aromatic heterocycles. The van der Waals surface area contributed by atoms with Gasteiger partial charge in [-0.3, -0.25) is 0 Å². The molecule has 0 aliphatic carbocycles. The smallest absolute Gasteiger partial charge is 0.450 e. The maximum Gasteiger partial charge on any atom is 0.451 e. The quantitative estimate of drug-likeness (QED) is 0.493. The molecule has 1 amide bonds. The second-order valence-electron chi connectivity index (χ2n) is 8.77. The Balaban J connectivity index is 1.72. The maximum absolute atomic E-state index is 13.6. The average Bonchev–Trinajstić information content (AvgIpc) is 3.29. The van der Waals surface area contributed by atoms with Crippen LogP contribution in [0.2, 0.25) is 5.02 Å². The molecule has 1 fully saturated rings. The van der Waals surface area contributed by atoms with E-state index in [9.17, 15) is 18.0 Å². The number of hydrogen-bond acceptors (Lipinski definition) is 6. The second kappa shape index (κ2) is 7.68. The summed E-state index contributed by atoms with van der Waals surface area (Å²) in [6, 6.07) is 4.43. The number of hydrogen-bond donors (Lipinski definition) is 0. The van der Waals surface area contributed by atoms with E-state index in [0.717, 1.165) is 0 Å². The summed E-state index contributed by atoms with van der Waals surface area (Å²) in [7, 11) is 1.61. The first kappa shape index (κ1) is 22.4. The Morgan fingerprint density at radius 2 is 2.00 bits per heavy atom. The van der Waals surface area contributed by atoms with Gasteiger partial charge in [-0.05, 0) is 45.4 Å². The summed E-state index contributed by atoms with van der Waals surface area (Å²) in [5, 5.41) is 0.734. The number of carbonyl (C=O) groups is 1. The molecule has 0 N–H and O–H groups in total. The van der Waals surface area contributed by atoms with Crippen LogP contribution in [0.4, 0.5) is 23.8 Å². The van der Waals surface area contributed by atoms with Gasteiger partial charge in [0.05, 0.1) is 6.04 Å². The minimum atomic E-state index is -4.74. The lowest BCUT2D eigenvalue weighted by Crippen LogP contribution is -2.42. The van der Waals surface area contributed by atoms with Gasteiger partial charge in [-0.2, -0.15) is 13.2 Å². The zero-order valence-corrected chi connectivity index (χ0v) is 18.7. The molecule has 0 unspecified atom stereocenters. The van der Waals surface area contributed by atoms with Gasteiger partial charge >= 0.3 is 12.3 Å². The highest BCUT2D eigenvalue weighted by Gasteiger charge is 2.39. The number of benzene rings is 1. The van der Waals surface area contributed by atoms with Crippen molar-refractivity contribution in [1.29, 1.82) is 0 Å². The molecule has 11 heteroatoms. The fourth-order valence-corrected chi connectivity index (χ4v) is 3.85. The van der Waals surface area contributed by atoms with Crippen LogP contribution < -0.4 is 4.90 Å². The van der Waals surface area contributed by atoms with Crippen molar-refractivity contribution in [2.24, 2.45) is 0 Å². The number of furan rings is 1. The van der Waals surface area contributed by atoms with Crippen molar-refractivity contribution in [3.8, 4) is 0 Å². The number of halogens is 4. The molecule has 4 rings (SSSR count). The van der Waals surface area contributed by atoms with Gasteiger partial charge in [0, 0.05) is 30.5 Å². The zero-order valence-electron chi connectivity index (χ0n) is 18.0. The van der Waals surface area contributed by atoms with E-state index in [4.69, 9.17) is 20.8 Å². The number of likely N-dealkylation sites (N-methyl/N-ethyl adjacent to an activating group) is 1. The van der Waals surface area contributed by atoms with Gasteiger partial charge in [-0.25, -0.2) is 14.8 Å². The third-order valence-corrected chi connectivity index (χ3v) is 5.44. The van der Waals surface area contributed by atoms with Crippen LogP contribution in [0.5, 0.6) is 0 Å². The molecule has 0 radical (unpaired) electrons. The minimum absolute atomic E-state index is 0.0368. The van der Waals surface area contributed by atoms with Crippen molar-refractivity contribution < 1.29 is 27.1 Å². The highest BCUT2D eigenvalue weighted by molar-refractivity contribution is 6.31. The molecular weight excluding hydrogens is 449 g/mol. The molecule has 3 heterocycles. The number of rotatable bonds is 2. The molecule has 0 saturated carbocycles. The summed E-state index contributed by atoms with van der Waals surface area (Å²) in [4.78, 5) is 23.1. The van der Waals surface area contributed by atoms with Gasteiger partial charge in [-0.1, -0.05) is 11.6 Å². The predicted molar refractivity (Wildman–Crippen MR) is 114 cm³/mol. The molecule has 1 saturated heterocycles. The van der Waals surface area contributed by atoms with E-state index in [1.165, 1.54) is 11.0 Å². The van der Waals surface area contributed by atoms with Gasteiger partial charge in [0.25, 0.3) is 0 Å². The molecule has 1 aliphatic rings. The minimum Gasteiger partial charge on any atom is -0.450 e. The van der Waals surface area contributed by atoms with E-state index < -0.39 is 23.7 Å². The monoisotopic (exact) mass is 470 g/mol. The Kier molecular flexibility index (Phi) is 5.39. The molecule has 1 aromatic carbocycles. The average molecular weight is 471 g/mol. The lowest BCUT2D eigenvalue weighted by Gasteiger charge is -2.28. The van der Waals surface area contributed by atoms with Gasteiger partial charge in [0.15, 0.2) is 11.4 Å². The summed E-state index contributed by atoms with van der Waals surface area (Å²) in [6.45, 7) is 5.97. The number of aromatic nitrogens is 2. The van der Waals surface area contributed by atoms with Crippen LogP contribution in [0.25, 0.3) is 22.1 Å². The van der Waals surface area contributed by atoms with Gasteiger partial charge in [-0.15, -0.1) is 0 Å². The largest absolute Gasteiger partial charge is 0.451 e. The summed E-state index contributed by atoms with van der Waals surface area (Å²) in [6.07, 6.45) is -4.70. The lowest BCUT2D eigenvalue weighted by molar-refractivity contribution is -0.144. The van der Waals surface area contributed by atoms with E-state index in [1.54, 1.807) is 44.9 Å². The Morgan fingerprint density at radius 3 is 2.66 bits per heavy atom. The van der Waals surface area contributed by atoms with Gasteiger partial charge in [0.2, 0.25) is 5.82 Å². The Hall–Kier alpha value is -2.75. The van der Waals surface area contributed by atoms with Crippen LogP contribution in [0.1, 0.15) is 33.0 Å². The van der Waals surface area contributed by atoms with Crippen molar-refractivity contribution in [3.63, 3.8) is 0 Å². The topological polar surface area (TPSA) is 71.7 Å². The summed E-state index contributed by atoms with van der Waals surface area (Å²) in [5.74, 6) is -1.22. The number of nitrogens with zero attached hydrogens (tertiary/aromatic N) is 4. The first-order valence-electron chi connectivity index (χ1n) is 10.0. The van der Waals surface area contributed by atoms with Crippen LogP contribution in [-0.2, 0) is 10.9 Å². The molecule has 0 bridgehead atoms. The van der Waals surface area contributed by atoms with Crippen molar-refractivity contribution >= 4 is 45.6 Å². The maximum atomic E-state index is 13.6. The van der Waals surface area contributed by atoms with Crippen molar-refractivity contribution in [2.75, 3.05) is 25.0 Å². The van der Waals surface area contributed by atoms with Crippen LogP contribution >= 0.6 is 11.6 Å². The lowest BCUT2D eigenvalue weighted by atomic mass is 10.2. The van der Waals surface area contributed by atoms with Gasteiger partial charge in [0.1, 0.15) is 16.7 Å². The van der Waals surface area contributed by atoms with Crippen LogP contribution in [0, 0.1) is 0 Å². The van der Waals surface area contributed by atoms with Crippen LogP contribution in [0.15, 0.2) is 22.6 Å². The second-order valence-corrected chi connectivity index (χ2v) is 9.21. The van der Waals surface area contributed by atoms with Gasteiger partial charge < -0.3 is 19.0 Å². The van der Waals surface area contributed by atoms with Crippen molar-refractivity contribution in [3.05, 3.63) is 29.0 Å². The molecule has 3 aromatic rings. The van der Waals surface area contributed by atoms with Crippen molar-refractivity contribution in [1.82, 2.24) is 14.9 Å². The molecule has 1 aliphatic heterocycles. The SMILES string of the molecule is CN(C(=O)OC(C)(C)C)[C@H]1CCN(c2nc(C(F)(F)F)nc3c2oc2ccc(Cl)cc23)C1. The molecule has 7 nitrogen and oxygen atoms in total. The third kappa shape index (κ3) is 4.28. The summed E-state index contributed by atoms with van der Waals surface area (Å²) >= 11 is 6.03. The number of fused-ring (bicyclic) bond motifs is 3. The molecule has 32 heavy (non-hydrogen) atoms. The number of carbonyl (C=O) groups excluding carboxylic acids is 1. The summed E-state index contributed by atoms with van der Waals surface area (Å²) < 4.78 is 51.9. The highest BCUT2D eigenvalue weighted by Crippen LogP contribution is 2.38. The fourth-order valence-electron chi connectivity index (χ4n) is 3.68. The number of ether oxygens (including phenoxy) is 1. The number of amides is 1. The molecule has 172 valence electrons. The first-order chi connectivity index (χ1) is 14.8. The normalized spacial score (nSPS) is 17.4. The highest BCUT2D eigenvalue weighted by atomic mass is 35.5. The van der Waals surface area contributed by atoms with E-state index in [0.29, 0.717) is 29.0 Å².